The monoisotopic (exact) mass is 495 g/mol. The van der Waals surface area contributed by atoms with Crippen LogP contribution in [0.2, 0.25) is 10.0 Å². The van der Waals surface area contributed by atoms with Gasteiger partial charge in [-0.2, -0.15) is 5.10 Å². The Labute approximate surface area is 205 Å². The summed E-state index contributed by atoms with van der Waals surface area (Å²) in [7, 11) is 0. The smallest absolute Gasteiger partial charge is 0.250 e. The molecule has 0 unspecified atom stereocenters. The summed E-state index contributed by atoms with van der Waals surface area (Å²) >= 11 is 13.5. The first-order valence-corrected chi connectivity index (χ1v) is 11.7. The molecule has 3 aromatic carbocycles. The van der Waals surface area contributed by atoms with Gasteiger partial charge in [-0.25, -0.2) is 5.43 Å². The molecule has 33 heavy (non-hydrogen) atoms. The van der Waals surface area contributed by atoms with Crippen LogP contribution in [-0.4, -0.2) is 32.1 Å². The minimum absolute atomic E-state index is 0.116. The molecule has 1 N–H and O–H groups in total. The van der Waals surface area contributed by atoms with Crippen LogP contribution in [0.1, 0.15) is 12.5 Å². The quantitative estimate of drug-likeness (QED) is 0.197. The Morgan fingerprint density at radius 1 is 0.970 bits per heavy atom. The number of thioether (sulfide) groups is 1. The van der Waals surface area contributed by atoms with Crippen molar-refractivity contribution >= 4 is 46.6 Å². The number of nitrogens with one attached hydrogen (secondary N) is 1. The van der Waals surface area contributed by atoms with E-state index >= 15 is 0 Å². The molecular formula is C24H19Cl2N5OS. The zero-order chi connectivity index (χ0) is 23.2. The van der Waals surface area contributed by atoms with Gasteiger partial charge in [0.2, 0.25) is 0 Å². The second-order valence-corrected chi connectivity index (χ2v) is 8.77. The van der Waals surface area contributed by atoms with Gasteiger partial charge in [0.15, 0.2) is 11.0 Å². The molecule has 0 saturated carbocycles. The number of para-hydroxylation sites is 1. The molecule has 1 heterocycles. The lowest BCUT2D eigenvalue weighted by Gasteiger charge is -2.10. The molecular weight excluding hydrogens is 477 g/mol. The third kappa shape index (κ3) is 5.63. The van der Waals surface area contributed by atoms with E-state index < -0.39 is 0 Å². The molecule has 6 nitrogen and oxygen atoms in total. The first-order valence-electron chi connectivity index (χ1n) is 10.0. The van der Waals surface area contributed by atoms with Gasteiger partial charge in [-0.05, 0) is 49.4 Å². The highest BCUT2D eigenvalue weighted by molar-refractivity contribution is 7.99. The Morgan fingerprint density at radius 3 is 2.39 bits per heavy atom. The summed E-state index contributed by atoms with van der Waals surface area (Å²) in [6.45, 7) is 1.79. The fourth-order valence-electron chi connectivity index (χ4n) is 3.08. The third-order valence-electron chi connectivity index (χ3n) is 4.69. The Kier molecular flexibility index (Phi) is 7.44. The van der Waals surface area contributed by atoms with Crippen molar-refractivity contribution in [3.63, 3.8) is 0 Å². The molecule has 4 aromatic rings. The van der Waals surface area contributed by atoms with E-state index in [1.54, 1.807) is 25.1 Å². The summed E-state index contributed by atoms with van der Waals surface area (Å²) in [5.74, 6) is 0.514. The average Bonchev–Trinajstić information content (AvgIpc) is 3.26. The second kappa shape index (κ2) is 10.7. The van der Waals surface area contributed by atoms with Crippen LogP contribution in [0.25, 0.3) is 17.1 Å². The molecule has 0 spiro atoms. The van der Waals surface area contributed by atoms with Crippen LogP contribution in [0.5, 0.6) is 0 Å². The molecule has 0 fully saturated rings. The Morgan fingerprint density at radius 2 is 1.67 bits per heavy atom. The van der Waals surface area contributed by atoms with Crippen molar-refractivity contribution in [2.24, 2.45) is 5.10 Å². The highest BCUT2D eigenvalue weighted by Gasteiger charge is 2.17. The SMILES string of the molecule is CC(=NNC(=O)CSc1nnc(-c2ccc(Cl)cc2)n1-c1ccccc1)c1ccccc1Cl. The van der Waals surface area contributed by atoms with E-state index in [9.17, 15) is 4.79 Å². The van der Waals surface area contributed by atoms with Gasteiger partial charge in [0.05, 0.1) is 11.5 Å². The summed E-state index contributed by atoms with van der Waals surface area (Å²) < 4.78 is 1.92. The number of hydrogen-bond donors (Lipinski definition) is 1. The molecule has 0 atom stereocenters. The van der Waals surface area contributed by atoms with E-state index in [-0.39, 0.29) is 11.7 Å². The van der Waals surface area contributed by atoms with Gasteiger partial charge in [0.25, 0.3) is 5.91 Å². The van der Waals surface area contributed by atoms with Gasteiger partial charge in [0, 0.05) is 26.9 Å². The maximum atomic E-state index is 12.5. The van der Waals surface area contributed by atoms with Crippen LogP contribution in [-0.2, 0) is 4.79 Å². The zero-order valence-electron chi connectivity index (χ0n) is 17.6. The summed E-state index contributed by atoms with van der Waals surface area (Å²) in [6.07, 6.45) is 0. The van der Waals surface area contributed by atoms with Crippen LogP contribution >= 0.6 is 35.0 Å². The molecule has 9 heteroatoms. The lowest BCUT2D eigenvalue weighted by atomic mass is 10.1. The van der Waals surface area contributed by atoms with Gasteiger partial charge < -0.3 is 0 Å². The number of nitrogens with zero attached hydrogens (tertiary/aromatic N) is 4. The van der Waals surface area contributed by atoms with Crippen molar-refractivity contribution in [3.05, 3.63) is 94.5 Å². The second-order valence-electron chi connectivity index (χ2n) is 6.98. The fourth-order valence-corrected chi connectivity index (χ4v) is 4.23. The molecule has 0 radical (unpaired) electrons. The third-order valence-corrected chi connectivity index (χ3v) is 6.21. The molecule has 166 valence electrons. The largest absolute Gasteiger partial charge is 0.272 e. The van der Waals surface area contributed by atoms with E-state index in [4.69, 9.17) is 23.2 Å². The normalized spacial score (nSPS) is 11.4. The molecule has 1 aromatic heterocycles. The first-order chi connectivity index (χ1) is 16.0. The maximum Gasteiger partial charge on any atom is 0.250 e. The minimum atomic E-state index is -0.262. The number of carbonyl (C=O) groups excluding carboxylic acids is 1. The Hall–Kier alpha value is -3.13. The van der Waals surface area contributed by atoms with E-state index in [1.165, 1.54) is 11.8 Å². The molecule has 0 aliphatic carbocycles. The maximum absolute atomic E-state index is 12.5. The molecule has 0 saturated heterocycles. The Bertz CT molecular complexity index is 1290. The van der Waals surface area contributed by atoms with Crippen molar-refractivity contribution in [1.82, 2.24) is 20.2 Å². The molecule has 1 amide bonds. The van der Waals surface area contributed by atoms with Crippen molar-refractivity contribution in [2.45, 2.75) is 12.1 Å². The predicted octanol–water partition coefficient (Wildman–Crippen LogP) is 5.87. The lowest BCUT2D eigenvalue weighted by molar-refractivity contribution is -0.118. The summed E-state index contributed by atoms with van der Waals surface area (Å²) in [6, 6.07) is 24.5. The minimum Gasteiger partial charge on any atom is -0.272 e. The highest BCUT2D eigenvalue weighted by atomic mass is 35.5. The summed E-state index contributed by atoms with van der Waals surface area (Å²) in [5, 5.41) is 14.7. The average molecular weight is 496 g/mol. The topological polar surface area (TPSA) is 72.2 Å². The van der Waals surface area contributed by atoms with Crippen molar-refractivity contribution < 1.29 is 4.79 Å². The van der Waals surface area contributed by atoms with Crippen molar-refractivity contribution in [2.75, 3.05) is 5.75 Å². The Balaban J connectivity index is 1.52. The molecule has 4 rings (SSSR count). The number of amides is 1. The highest BCUT2D eigenvalue weighted by Crippen LogP contribution is 2.28. The summed E-state index contributed by atoms with van der Waals surface area (Å²) in [5.41, 5.74) is 5.73. The van der Waals surface area contributed by atoms with E-state index in [2.05, 4.69) is 20.7 Å². The molecule has 0 aliphatic heterocycles. The lowest BCUT2D eigenvalue weighted by Crippen LogP contribution is -2.21. The van der Waals surface area contributed by atoms with Crippen LogP contribution in [0, 0.1) is 0 Å². The number of halogens is 2. The molecule has 0 bridgehead atoms. The van der Waals surface area contributed by atoms with Crippen LogP contribution in [0.3, 0.4) is 0 Å². The molecule has 0 aliphatic rings. The van der Waals surface area contributed by atoms with Crippen LogP contribution in [0.15, 0.2) is 89.1 Å². The number of aromatic nitrogens is 3. The number of hydrazone groups is 1. The van der Waals surface area contributed by atoms with Crippen molar-refractivity contribution in [1.29, 1.82) is 0 Å². The number of hydrogen-bond acceptors (Lipinski definition) is 5. The summed E-state index contributed by atoms with van der Waals surface area (Å²) in [4.78, 5) is 12.5. The van der Waals surface area contributed by atoms with Gasteiger partial charge >= 0.3 is 0 Å². The van der Waals surface area contributed by atoms with Gasteiger partial charge in [-0.1, -0.05) is 71.4 Å². The first kappa shape index (κ1) is 23.0. The van der Waals surface area contributed by atoms with E-state index in [0.717, 1.165) is 16.8 Å². The fraction of sp³-hybridized carbons (Fsp3) is 0.0833. The van der Waals surface area contributed by atoms with Crippen LogP contribution < -0.4 is 5.43 Å². The number of rotatable bonds is 7. The number of carbonyl (C=O) groups is 1. The van der Waals surface area contributed by atoms with Crippen molar-refractivity contribution in [3.8, 4) is 17.1 Å². The van der Waals surface area contributed by atoms with E-state index in [1.807, 2.05) is 65.2 Å². The zero-order valence-corrected chi connectivity index (χ0v) is 19.9. The predicted molar refractivity (Wildman–Crippen MR) is 134 cm³/mol. The number of benzene rings is 3. The van der Waals surface area contributed by atoms with Gasteiger partial charge in [-0.3, -0.25) is 9.36 Å². The van der Waals surface area contributed by atoms with Gasteiger partial charge in [-0.15, -0.1) is 10.2 Å². The van der Waals surface area contributed by atoms with Gasteiger partial charge in [0.1, 0.15) is 0 Å². The standard InChI is InChI=1S/C24H19Cl2N5OS/c1-16(20-9-5-6-10-21(20)26)27-28-22(32)15-33-24-30-29-23(17-11-13-18(25)14-12-17)31(24)19-7-3-2-4-8-19/h2-14H,15H2,1H3,(H,28,32). The van der Waals surface area contributed by atoms with E-state index in [0.29, 0.717) is 26.7 Å². The van der Waals surface area contributed by atoms with Crippen LogP contribution in [0.4, 0.5) is 0 Å².